The number of aryl methyl sites for hydroxylation is 1. The summed E-state index contributed by atoms with van der Waals surface area (Å²) in [7, 11) is 0. The predicted molar refractivity (Wildman–Crippen MR) is 80.1 cm³/mol. The van der Waals surface area contributed by atoms with E-state index in [1.165, 1.54) is 0 Å². The van der Waals surface area contributed by atoms with Crippen LogP contribution in [0.4, 0.5) is 4.79 Å². The highest BCUT2D eigenvalue weighted by molar-refractivity contribution is 5.86. The van der Waals surface area contributed by atoms with E-state index in [0.717, 1.165) is 24.0 Å². The Morgan fingerprint density at radius 2 is 1.86 bits per heavy atom. The molecular weight excluding hydrogens is 268 g/mol. The van der Waals surface area contributed by atoms with Crippen LogP contribution in [0.1, 0.15) is 49.8 Å². The number of aliphatic carboxylic acids is 1. The van der Waals surface area contributed by atoms with E-state index in [-0.39, 0.29) is 6.04 Å². The van der Waals surface area contributed by atoms with Crippen LogP contribution >= 0.6 is 0 Å². The van der Waals surface area contributed by atoms with Crippen LogP contribution in [-0.4, -0.2) is 22.6 Å². The highest BCUT2D eigenvalue weighted by Crippen LogP contribution is 2.30. The molecule has 5 heteroatoms. The van der Waals surface area contributed by atoms with Crippen molar-refractivity contribution in [2.75, 3.05) is 0 Å². The van der Waals surface area contributed by atoms with Crippen molar-refractivity contribution in [2.24, 2.45) is 0 Å². The summed E-state index contributed by atoms with van der Waals surface area (Å²) in [4.78, 5) is 23.5. The Kier molecular flexibility index (Phi) is 4.50. The maximum absolute atomic E-state index is 12.1. The Morgan fingerprint density at radius 1 is 1.24 bits per heavy atom. The van der Waals surface area contributed by atoms with Gasteiger partial charge >= 0.3 is 12.0 Å². The van der Waals surface area contributed by atoms with Gasteiger partial charge in [-0.15, -0.1) is 0 Å². The van der Waals surface area contributed by atoms with Gasteiger partial charge in [0.1, 0.15) is 5.54 Å². The number of amides is 2. The Balaban J connectivity index is 2.01. The fourth-order valence-electron chi connectivity index (χ4n) is 2.97. The van der Waals surface area contributed by atoms with E-state index < -0.39 is 17.5 Å². The summed E-state index contributed by atoms with van der Waals surface area (Å²) < 4.78 is 0. The zero-order chi connectivity index (χ0) is 15.5. The van der Waals surface area contributed by atoms with Crippen LogP contribution in [0, 0.1) is 6.92 Å². The zero-order valence-corrected chi connectivity index (χ0v) is 12.5. The predicted octanol–water partition coefficient (Wildman–Crippen LogP) is 2.75. The Hall–Kier alpha value is -2.04. The Bertz CT molecular complexity index is 536. The highest BCUT2D eigenvalue weighted by Gasteiger charge is 2.42. The minimum Gasteiger partial charge on any atom is -0.480 e. The van der Waals surface area contributed by atoms with Crippen molar-refractivity contribution >= 4 is 12.0 Å². The molecule has 1 atom stereocenters. The van der Waals surface area contributed by atoms with Crippen molar-refractivity contribution in [3.63, 3.8) is 0 Å². The van der Waals surface area contributed by atoms with E-state index in [2.05, 4.69) is 10.6 Å². The van der Waals surface area contributed by atoms with Crippen LogP contribution in [0.3, 0.4) is 0 Å². The molecule has 2 rings (SSSR count). The molecule has 0 spiro atoms. The third-order valence-corrected chi connectivity index (χ3v) is 4.22. The van der Waals surface area contributed by atoms with Crippen molar-refractivity contribution in [3.05, 3.63) is 35.4 Å². The van der Waals surface area contributed by atoms with E-state index in [4.69, 9.17) is 0 Å². The van der Waals surface area contributed by atoms with Gasteiger partial charge in [0.25, 0.3) is 0 Å². The molecule has 0 saturated heterocycles. The molecule has 0 radical (unpaired) electrons. The number of carboxylic acid groups (broad SMARTS) is 1. The molecule has 21 heavy (non-hydrogen) atoms. The smallest absolute Gasteiger partial charge is 0.329 e. The quantitative estimate of drug-likeness (QED) is 0.798. The summed E-state index contributed by atoms with van der Waals surface area (Å²) >= 11 is 0. The summed E-state index contributed by atoms with van der Waals surface area (Å²) in [6.45, 7) is 3.88. The molecule has 2 amide bonds. The summed E-state index contributed by atoms with van der Waals surface area (Å²) in [6.07, 6.45) is 2.66. The van der Waals surface area contributed by atoms with Gasteiger partial charge in [0.2, 0.25) is 0 Å². The van der Waals surface area contributed by atoms with Gasteiger partial charge in [-0.2, -0.15) is 0 Å². The molecule has 3 N–H and O–H groups in total. The normalized spacial score (nSPS) is 18.0. The lowest BCUT2D eigenvalue weighted by atomic mass is 9.98. The highest BCUT2D eigenvalue weighted by atomic mass is 16.4. The van der Waals surface area contributed by atoms with Gasteiger partial charge in [0, 0.05) is 0 Å². The number of carboxylic acids is 1. The fourth-order valence-corrected chi connectivity index (χ4v) is 2.97. The second-order valence-corrected chi connectivity index (χ2v) is 5.77. The largest absolute Gasteiger partial charge is 0.480 e. The minimum absolute atomic E-state index is 0.168. The molecule has 1 fully saturated rings. The third kappa shape index (κ3) is 3.35. The van der Waals surface area contributed by atoms with Crippen LogP contribution in [0.5, 0.6) is 0 Å². The second kappa shape index (κ2) is 6.16. The molecule has 1 aliphatic rings. The maximum Gasteiger partial charge on any atom is 0.329 e. The molecule has 0 heterocycles. The lowest BCUT2D eigenvalue weighted by molar-refractivity contribution is -0.144. The Morgan fingerprint density at radius 3 is 2.43 bits per heavy atom. The summed E-state index contributed by atoms with van der Waals surface area (Å²) in [5.41, 5.74) is 1.03. The number of carbonyl (C=O) groups is 2. The van der Waals surface area contributed by atoms with Crippen molar-refractivity contribution in [3.8, 4) is 0 Å². The maximum atomic E-state index is 12.1. The van der Waals surface area contributed by atoms with Crippen LogP contribution in [0.25, 0.3) is 0 Å². The fraction of sp³-hybridized carbons (Fsp3) is 0.500. The molecule has 0 aromatic heterocycles. The summed E-state index contributed by atoms with van der Waals surface area (Å²) in [6, 6.07) is 7.23. The average Bonchev–Trinajstić information content (AvgIpc) is 2.88. The lowest BCUT2D eigenvalue weighted by Gasteiger charge is -2.27. The minimum atomic E-state index is -1.10. The molecule has 1 unspecified atom stereocenters. The molecule has 1 aromatic rings. The van der Waals surface area contributed by atoms with Crippen LogP contribution < -0.4 is 10.6 Å². The van der Waals surface area contributed by atoms with Gasteiger partial charge in [0.15, 0.2) is 0 Å². The first-order valence-electron chi connectivity index (χ1n) is 7.32. The average molecular weight is 290 g/mol. The van der Waals surface area contributed by atoms with E-state index in [0.29, 0.717) is 12.8 Å². The van der Waals surface area contributed by atoms with E-state index >= 15 is 0 Å². The first-order chi connectivity index (χ1) is 9.94. The van der Waals surface area contributed by atoms with Crippen molar-refractivity contribution in [2.45, 2.75) is 51.1 Å². The van der Waals surface area contributed by atoms with Gasteiger partial charge in [-0.25, -0.2) is 9.59 Å². The Labute approximate surface area is 124 Å². The number of carbonyl (C=O) groups excluding carboxylic acids is 1. The van der Waals surface area contributed by atoms with Gasteiger partial charge in [-0.1, -0.05) is 37.1 Å². The first-order valence-corrected chi connectivity index (χ1v) is 7.32. The van der Waals surface area contributed by atoms with E-state index in [9.17, 15) is 14.7 Å². The number of rotatable bonds is 4. The number of urea groups is 1. The lowest BCUT2D eigenvalue weighted by Crippen LogP contribution is -2.55. The van der Waals surface area contributed by atoms with Gasteiger partial charge in [-0.05, 0) is 37.8 Å². The van der Waals surface area contributed by atoms with Crippen LogP contribution in [-0.2, 0) is 4.79 Å². The third-order valence-electron chi connectivity index (χ3n) is 4.22. The van der Waals surface area contributed by atoms with Crippen molar-refractivity contribution < 1.29 is 14.7 Å². The summed E-state index contributed by atoms with van der Waals surface area (Å²) in [5, 5.41) is 14.9. The molecule has 5 nitrogen and oxygen atoms in total. The van der Waals surface area contributed by atoms with Gasteiger partial charge in [0.05, 0.1) is 6.04 Å². The number of benzene rings is 1. The molecule has 114 valence electrons. The zero-order valence-electron chi connectivity index (χ0n) is 12.5. The first kappa shape index (κ1) is 15.4. The molecule has 0 bridgehead atoms. The molecular formula is C16H22N2O3. The van der Waals surface area contributed by atoms with Crippen LogP contribution in [0.15, 0.2) is 24.3 Å². The van der Waals surface area contributed by atoms with Gasteiger partial charge in [-0.3, -0.25) is 0 Å². The molecule has 1 aromatic carbocycles. The van der Waals surface area contributed by atoms with E-state index in [1.807, 2.05) is 38.1 Å². The number of hydrogen-bond acceptors (Lipinski definition) is 2. The van der Waals surface area contributed by atoms with Gasteiger partial charge < -0.3 is 15.7 Å². The number of hydrogen-bond donors (Lipinski definition) is 3. The topological polar surface area (TPSA) is 78.4 Å². The SMILES string of the molecule is Cc1ccccc1C(C)NC(=O)NC1(C(=O)O)CCCC1. The second-order valence-electron chi connectivity index (χ2n) is 5.77. The summed E-state index contributed by atoms with van der Waals surface area (Å²) in [5.74, 6) is -0.946. The number of nitrogens with one attached hydrogen (secondary N) is 2. The van der Waals surface area contributed by atoms with Crippen molar-refractivity contribution in [1.29, 1.82) is 0 Å². The van der Waals surface area contributed by atoms with Crippen LogP contribution in [0.2, 0.25) is 0 Å². The monoisotopic (exact) mass is 290 g/mol. The molecule has 0 aliphatic heterocycles. The standard InChI is InChI=1S/C16H22N2O3/c1-11-7-3-4-8-13(11)12(2)17-15(21)18-16(14(19)20)9-5-6-10-16/h3-4,7-8,12H,5-6,9-10H2,1-2H3,(H,19,20)(H2,17,18,21). The molecule has 1 aliphatic carbocycles. The molecule has 1 saturated carbocycles. The van der Waals surface area contributed by atoms with E-state index in [1.54, 1.807) is 0 Å². The van der Waals surface area contributed by atoms with Crippen molar-refractivity contribution in [1.82, 2.24) is 10.6 Å².